The summed E-state index contributed by atoms with van der Waals surface area (Å²) >= 11 is 6.11. The highest BCUT2D eigenvalue weighted by molar-refractivity contribution is 6.31. The zero-order valence-corrected chi connectivity index (χ0v) is 19.3. The van der Waals surface area contributed by atoms with E-state index in [2.05, 4.69) is 5.32 Å². The molecule has 172 valence electrons. The molecule has 2 aliphatic heterocycles. The first-order valence-electron chi connectivity index (χ1n) is 11.2. The van der Waals surface area contributed by atoms with Crippen molar-refractivity contribution in [3.63, 3.8) is 0 Å². The van der Waals surface area contributed by atoms with Gasteiger partial charge in [0.25, 0.3) is 5.91 Å². The fourth-order valence-electron chi connectivity index (χ4n) is 4.45. The number of carbonyl (C=O) groups excluding carboxylic acids is 1. The van der Waals surface area contributed by atoms with E-state index in [1.165, 1.54) is 6.07 Å². The van der Waals surface area contributed by atoms with Crippen LogP contribution in [0.5, 0.6) is 5.75 Å². The molecule has 7 heteroatoms. The second kappa shape index (κ2) is 9.31. The second-order valence-electron chi connectivity index (χ2n) is 7.98. The third-order valence-corrected chi connectivity index (χ3v) is 6.17. The summed E-state index contributed by atoms with van der Waals surface area (Å²) in [7, 11) is 0. The molecule has 5 nitrogen and oxygen atoms in total. The van der Waals surface area contributed by atoms with Crippen molar-refractivity contribution in [2.75, 3.05) is 24.6 Å². The molecule has 2 heterocycles. The van der Waals surface area contributed by atoms with Crippen LogP contribution in [0.15, 0.2) is 89.1 Å². The molecular weight excluding hydrogens is 453 g/mol. The number of aliphatic imine (C=N–C) groups is 1. The van der Waals surface area contributed by atoms with Crippen molar-refractivity contribution in [1.29, 1.82) is 0 Å². The summed E-state index contributed by atoms with van der Waals surface area (Å²) in [4.78, 5) is 20.2. The van der Waals surface area contributed by atoms with Gasteiger partial charge in [-0.05, 0) is 49.4 Å². The van der Waals surface area contributed by atoms with Crippen LogP contribution in [0, 0.1) is 5.82 Å². The van der Waals surface area contributed by atoms with E-state index < -0.39 is 6.04 Å². The molecule has 3 aromatic carbocycles. The van der Waals surface area contributed by atoms with Crippen LogP contribution in [0.3, 0.4) is 0 Å². The molecule has 0 saturated carbocycles. The van der Waals surface area contributed by atoms with E-state index in [9.17, 15) is 4.79 Å². The van der Waals surface area contributed by atoms with E-state index in [0.717, 1.165) is 5.56 Å². The van der Waals surface area contributed by atoms with Crippen LogP contribution in [-0.4, -0.2) is 31.3 Å². The summed E-state index contributed by atoms with van der Waals surface area (Å²) < 4.78 is 20.8. The molecule has 0 spiro atoms. The number of anilines is 1. The van der Waals surface area contributed by atoms with Gasteiger partial charge >= 0.3 is 0 Å². The molecule has 0 radical (unpaired) electrons. The molecule has 0 aromatic heterocycles. The summed E-state index contributed by atoms with van der Waals surface area (Å²) in [5.41, 5.74) is 3.62. The van der Waals surface area contributed by atoms with Gasteiger partial charge in [0.1, 0.15) is 17.3 Å². The van der Waals surface area contributed by atoms with Gasteiger partial charge in [-0.15, -0.1) is 0 Å². The van der Waals surface area contributed by atoms with Gasteiger partial charge < -0.3 is 10.1 Å². The minimum Gasteiger partial charge on any atom is -0.494 e. The van der Waals surface area contributed by atoms with Crippen LogP contribution in [-0.2, 0) is 4.79 Å². The second-order valence-corrected chi connectivity index (χ2v) is 8.42. The smallest absolute Gasteiger partial charge is 0.275 e. The Kier molecular flexibility index (Phi) is 6.07. The highest BCUT2D eigenvalue weighted by Crippen LogP contribution is 2.43. The van der Waals surface area contributed by atoms with Gasteiger partial charge in [0.15, 0.2) is 0 Å². The van der Waals surface area contributed by atoms with Crippen molar-refractivity contribution in [1.82, 2.24) is 5.32 Å². The van der Waals surface area contributed by atoms with E-state index >= 15 is 4.39 Å². The minimum atomic E-state index is -0.693. The number of carbonyl (C=O) groups is 1. The number of rotatable bonds is 5. The first-order chi connectivity index (χ1) is 16.6. The fourth-order valence-corrected chi connectivity index (χ4v) is 4.58. The predicted molar refractivity (Wildman–Crippen MR) is 132 cm³/mol. The zero-order chi connectivity index (χ0) is 23.7. The van der Waals surface area contributed by atoms with Crippen molar-refractivity contribution in [3.05, 3.63) is 106 Å². The Morgan fingerprint density at radius 1 is 1.09 bits per heavy atom. The Labute approximate surface area is 202 Å². The summed E-state index contributed by atoms with van der Waals surface area (Å²) in [6, 6.07) is 20.5. The average Bonchev–Trinajstić information content (AvgIpc) is 2.98. The molecule has 0 fully saturated rings. The van der Waals surface area contributed by atoms with Gasteiger partial charge in [0, 0.05) is 34.0 Å². The summed E-state index contributed by atoms with van der Waals surface area (Å²) in [6.45, 7) is 3.45. The van der Waals surface area contributed by atoms with E-state index in [1.807, 2.05) is 43.3 Å². The number of nitrogens with zero attached hydrogens (tertiary/aromatic N) is 2. The number of hydrogen-bond donors (Lipinski definition) is 1. The molecule has 0 saturated heterocycles. The first kappa shape index (κ1) is 22.2. The quantitative estimate of drug-likeness (QED) is 0.544. The lowest BCUT2D eigenvalue weighted by molar-refractivity contribution is -0.115. The highest BCUT2D eigenvalue weighted by atomic mass is 35.5. The van der Waals surface area contributed by atoms with E-state index in [0.29, 0.717) is 58.7 Å². The van der Waals surface area contributed by atoms with Gasteiger partial charge in [-0.1, -0.05) is 41.9 Å². The number of hydrogen-bond acceptors (Lipinski definition) is 4. The van der Waals surface area contributed by atoms with Gasteiger partial charge in [-0.2, -0.15) is 0 Å². The van der Waals surface area contributed by atoms with Crippen molar-refractivity contribution >= 4 is 28.9 Å². The first-order valence-corrected chi connectivity index (χ1v) is 11.6. The minimum absolute atomic E-state index is 0.226. The molecule has 1 N–H and O–H groups in total. The molecule has 1 amide bonds. The predicted octanol–water partition coefficient (Wildman–Crippen LogP) is 5.31. The summed E-state index contributed by atoms with van der Waals surface area (Å²) in [6.07, 6.45) is 0. The van der Waals surface area contributed by atoms with E-state index in [1.54, 1.807) is 35.2 Å². The Bertz CT molecular complexity index is 1290. The van der Waals surface area contributed by atoms with Crippen LogP contribution in [0.25, 0.3) is 0 Å². The number of amides is 1. The maximum Gasteiger partial charge on any atom is 0.275 e. The van der Waals surface area contributed by atoms with Crippen LogP contribution in [0.2, 0.25) is 5.02 Å². The Hall–Kier alpha value is -3.64. The lowest BCUT2D eigenvalue weighted by atomic mass is 9.91. The molecule has 0 unspecified atom stereocenters. The van der Waals surface area contributed by atoms with Crippen molar-refractivity contribution < 1.29 is 13.9 Å². The third kappa shape index (κ3) is 3.94. The van der Waals surface area contributed by atoms with Crippen molar-refractivity contribution in [3.8, 4) is 5.75 Å². The van der Waals surface area contributed by atoms with Crippen molar-refractivity contribution in [2.24, 2.45) is 4.99 Å². The topological polar surface area (TPSA) is 53.9 Å². The molecule has 1 atom stereocenters. The monoisotopic (exact) mass is 475 g/mol. The third-order valence-electron chi connectivity index (χ3n) is 5.92. The zero-order valence-electron chi connectivity index (χ0n) is 18.6. The van der Waals surface area contributed by atoms with Crippen LogP contribution in [0.4, 0.5) is 10.1 Å². The van der Waals surface area contributed by atoms with Gasteiger partial charge in [-0.25, -0.2) is 4.39 Å². The lowest BCUT2D eigenvalue weighted by Gasteiger charge is -2.28. The van der Waals surface area contributed by atoms with E-state index in [-0.39, 0.29) is 11.7 Å². The number of ether oxygens (including phenoxy) is 1. The van der Waals surface area contributed by atoms with Crippen molar-refractivity contribution in [2.45, 2.75) is 13.0 Å². The van der Waals surface area contributed by atoms with E-state index in [4.69, 9.17) is 21.3 Å². The molecule has 0 aliphatic carbocycles. The fraction of sp³-hybridized carbons (Fsp3) is 0.185. The maximum absolute atomic E-state index is 15.2. The van der Waals surface area contributed by atoms with Crippen LogP contribution < -0.4 is 15.0 Å². The number of benzene rings is 3. The standard InChI is InChI=1S/C27H23ClFN3O2/c1-2-34-20-13-11-19(12-14-20)32-26(21-5-3-4-6-22(21)29)23-24(17-7-9-18(28)10-8-17)30-15-16-31-25(23)27(32)33/h3-14,26,31H,2,15-16H2,1H3/t26-/m0/s1. The number of nitrogens with one attached hydrogen (secondary N) is 1. The Balaban J connectivity index is 1.69. The largest absolute Gasteiger partial charge is 0.494 e. The molecule has 0 bridgehead atoms. The highest BCUT2D eigenvalue weighted by Gasteiger charge is 2.44. The Morgan fingerprint density at radius 2 is 1.82 bits per heavy atom. The summed E-state index contributed by atoms with van der Waals surface area (Å²) in [5, 5.41) is 3.86. The average molecular weight is 476 g/mol. The number of halogens is 2. The molecular formula is C27H23ClFN3O2. The van der Waals surface area contributed by atoms with Crippen LogP contribution in [0.1, 0.15) is 24.1 Å². The maximum atomic E-state index is 15.2. The van der Waals surface area contributed by atoms with Gasteiger partial charge in [-0.3, -0.25) is 14.7 Å². The van der Waals surface area contributed by atoms with Crippen LogP contribution >= 0.6 is 11.6 Å². The molecule has 5 rings (SSSR count). The molecule has 3 aromatic rings. The SMILES string of the molecule is CCOc1ccc(N2C(=O)C3=C(C(c4ccc(Cl)cc4)=NCCN3)[C@@H]2c2ccccc2F)cc1. The molecule has 2 aliphatic rings. The Morgan fingerprint density at radius 3 is 2.53 bits per heavy atom. The normalized spacial score (nSPS) is 17.7. The van der Waals surface area contributed by atoms with Gasteiger partial charge in [0.2, 0.25) is 0 Å². The summed E-state index contributed by atoms with van der Waals surface area (Å²) in [5.74, 6) is 0.0945. The molecule has 34 heavy (non-hydrogen) atoms. The van der Waals surface area contributed by atoms with Gasteiger partial charge in [0.05, 0.1) is 24.9 Å². The lowest BCUT2D eigenvalue weighted by Crippen LogP contribution is -2.34.